The molecule has 0 aromatic carbocycles. The number of hydrogen-bond acceptors (Lipinski definition) is 6. The van der Waals surface area contributed by atoms with Crippen molar-refractivity contribution in [1.82, 2.24) is 0 Å². The molecule has 6 nitrogen and oxygen atoms in total. The van der Waals surface area contributed by atoms with E-state index in [0.29, 0.717) is 16.2 Å². The van der Waals surface area contributed by atoms with Crippen molar-refractivity contribution < 1.29 is 25.3 Å². The fraction of sp³-hybridized carbons (Fsp3) is 0.333. The molecule has 0 unspecified atom stereocenters. The average molecular weight is 314 g/mol. The summed E-state index contributed by atoms with van der Waals surface area (Å²) in [5, 5.41) is 1.52. The van der Waals surface area contributed by atoms with E-state index in [9.17, 15) is 25.3 Å². The van der Waals surface area contributed by atoms with Gasteiger partial charge in [-0.15, -0.1) is 0 Å². The van der Waals surface area contributed by atoms with Gasteiger partial charge in [0.2, 0.25) is 0 Å². The second kappa shape index (κ2) is 5.81. The molecule has 18 heavy (non-hydrogen) atoms. The van der Waals surface area contributed by atoms with E-state index in [1.165, 1.54) is 6.92 Å². The number of sulfone groups is 3. The number of hydrogen-bond donors (Lipinski definition) is 0. The van der Waals surface area contributed by atoms with Crippen LogP contribution in [0.2, 0.25) is 0 Å². The van der Waals surface area contributed by atoms with Crippen LogP contribution in [0.15, 0.2) is 34.3 Å². The molecule has 0 aliphatic rings. The van der Waals surface area contributed by atoms with Crippen LogP contribution in [-0.4, -0.2) is 36.8 Å². The summed E-state index contributed by atoms with van der Waals surface area (Å²) in [6.45, 7) is 7.36. The van der Waals surface area contributed by atoms with Crippen LogP contribution >= 0.6 is 0 Å². The first-order valence-electron chi connectivity index (χ1n) is 4.65. The van der Waals surface area contributed by atoms with Crippen LogP contribution in [-0.2, 0) is 29.5 Å². The van der Waals surface area contributed by atoms with Crippen LogP contribution in [0.25, 0.3) is 0 Å². The molecule has 0 saturated heterocycles. The second-order valence-corrected chi connectivity index (χ2v) is 9.26. The van der Waals surface area contributed by atoms with Gasteiger partial charge < -0.3 is 0 Å². The molecule has 0 rings (SSSR count). The molecule has 0 spiro atoms. The van der Waals surface area contributed by atoms with Crippen LogP contribution in [0.3, 0.4) is 0 Å². The van der Waals surface area contributed by atoms with Gasteiger partial charge >= 0.3 is 0 Å². The summed E-state index contributed by atoms with van der Waals surface area (Å²) < 4.78 is 68.4. The molecule has 0 N–H and O–H groups in total. The molecular formula is C9H14O6S3. The lowest BCUT2D eigenvalue weighted by Crippen LogP contribution is -2.14. The van der Waals surface area contributed by atoms with Gasteiger partial charge in [-0.25, -0.2) is 25.3 Å². The Labute approximate surface area is 107 Å². The zero-order chi connectivity index (χ0) is 14.6. The molecule has 0 fully saturated rings. The third-order valence-corrected chi connectivity index (χ3v) is 6.33. The van der Waals surface area contributed by atoms with Crippen molar-refractivity contribution >= 4 is 29.5 Å². The van der Waals surface area contributed by atoms with Crippen LogP contribution < -0.4 is 0 Å². The molecule has 9 heteroatoms. The summed E-state index contributed by atoms with van der Waals surface area (Å²) in [6, 6.07) is 0. The van der Waals surface area contributed by atoms with Gasteiger partial charge in [0.25, 0.3) is 0 Å². The molecule has 0 heterocycles. The minimum atomic E-state index is -4.13. The number of rotatable bonds is 7. The van der Waals surface area contributed by atoms with Crippen molar-refractivity contribution in [2.24, 2.45) is 0 Å². The van der Waals surface area contributed by atoms with E-state index >= 15 is 0 Å². The van der Waals surface area contributed by atoms with Gasteiger partial charge in [-0.2, -0.15) is 0 Å². The molecular weight excluding hydrogens is 300 g/mol. The van der Waals surface area contributed by atoms with Gasteiger partial charge in [-0.3, -0.25) is 0 Å². The highest BCUT2D eigenvalue weighted by Gasteiger charge is 2.22. The molecule has 0 aliphatic heterocycles. The van der Waals surface area contributed by atoms with Gasteiger partial charge in [0.05, 0.1) is 16.4 Å². The van der Waals surface area contributed by atoms with Crippen molar-refractivity contribution in [2.75, 3.05) is 11.5 Å². The Bertz CT molecular complexity index is 662. The van der Waals surface area contributed by atoms with Crippen LogP contribution in [0.1, 0.15) is 6.92 Å². The summed E-state index contributed by atoms with van der Waals surface area (Å²) in [5.74, 6) is -1.29. The van der Waals surface area contributed by atoms with Crippen LogP contribution in [0, 0.1) is 0 Å². The predicted octanol–water partition coefficient (Wildman–Crippen LogP) is 0.379. The topological polar surface area (TPSA) is 102 Å². The monoisotopic (exact) mass is 314 g/mol. The summed E-state index contributed by atoms with van der Waals surface area (Å²) in [6.07, 6.45) is 0. The van der Waals surface area contributed by atoms with Gasteiger partial charge in [-0.1, -0.05) is 20.1 Å². The Hall–Kier alpha value is -0.930. The Morgan fingerprint density at radius 3 is 1.78 bits per heavy atom. The molecule has 0 atom stereocenters. The minimum Gasteiger partial charge on any atom is -0.224 e. The van der Waals surface area contributed by atoms with E-state index in [1.807, 2.05) is 0 Å². The fourth-order valence-corrected chi connectivity index (χ4v) is 4.53. The Balaban J connectivity index is 5.95. The first-order chi connectivity index (χ1) is 7.99. The van der Waals surface area contributed by atoms with Gasteiger partial charge in [-0.05, 0) is 0 Å². The maximum absolute atomic E-state index is 11.5. The van der Waals surface area contributed by atoms with E-state index < -0.39 is 40.2 Å². The average Bonchev–Trinajstić information content (AvgIpc) is 2.27. The molecule has 0 aromatic rings. The van der Waals surface area contributed by atoms with Gasteiger partial charge in [0.15, 0.2) is 29.5 Å². The Morgan fingerprint density at radius 1 is 0.944 bits per heavy atom. The van der Waals surface area contributed by atoms with E-state index in [-0.39, 0.29) is 5.75 Å². The minimum absolute atomic E-state index is 0.336. The third-order valence-electron chi connectivity index (χ3n) is 1.90. The SMILES string of the molecule is C=CS(=O)(=O)CC(=CS(=O)(=O)CC)S(=O)(=O)C=C. The lowest BCUT2D eigenvalue weighted by atomic mass is 10.7. The van der Waals surface area contributed by atoms with E-state index in [1.54, 1.807) is 0 Å². The largest absolute Gasteiger partial charge is 0.224 e. The summed E-state index contributed by atoms with van der Waals surface area (Å²) in [5.41, 5.74) is 0. The maximum atomic E-state index is 11.5. The zero-order valence-electron chi connectivity index (χ0n) is 9.73. The van der Waals surface area contributed by atoms with Crippen molar-refractivity contribution in [2.45, 2.75) is 6.92 Å². The summed E-state index contributed by atoms with van der Waals surface area (Å²) in [4.78, 5) is -0.737. The molecule has 0 bridgehead atoms. The first kappa shape index (κ1) is 17.1. The van der Waals surface area contributed by atoms with E-state index in [0.717, 1.165) is 0 Å². The molecule has 0 aliphatic carbocycles. The van der Waals surface area contributed by atoms with E-state index in [4.69, 9.17) is 0 Å². The smallest absolute Gasteiger partial charge is 0.197 e. The molecule has 104 valence electrons. The lowest BCUT2D eigenvalue weighted by Gasteiger charge is -2.04. The second-order valence-electron chi connectivity index (χ2n) is 3.22. The third kappa shape index (κ3) is 5.15. The van der Waals surface area contributed by atoms with Crippen LogP contribution in [0.5, 0.6) is 0 Å². The first-order valence-corrected chi connectivity index (χ1v) is 9.63. The Morgan fingerprint density at radius 2 is 1.44 bits per heavy atom. The van der Waals surface area contributed by atoms with Crippen molar-refractivity contribution in [3.63, 3.8) is 0 Å². The van der Waals surface area contributed by atoms with Gasteiger partial charge in [0, 0.05) is 16.2 Å². The predicted molar refractivity (Wildman–Crippen MR) is 70.6 cm³/mol. The van der Waals surface area contributed by atoms with Crippen molar-refractivity contribution in [3.05, 3.63) is 34.3 Å². The lowest BCUT2D eigenvalue weighted by molar-refractivity contribution is 0.600. The van der Waals surface area contributed by atoms with Crippen molar-refractivity contribution in [1.29, 1.82) is 0 Å². The highest BCUT2D eigenvalue weighted by atomic mass is 32.2. The summed E-state index contributed by atoms with van der Waals surface area (Å²) in [7, 11) is -11.8. The normalized spacial score (nSPS) is 14.2. The quantitative estimate of drug-likeness (QED) is 0.673. The molecule has 0 aromatic heterocycles. The zero-order valence-corrected chi connectivity index (χ0v) is 12.2. The van der Waals surface area contributed by atoms with Gasteiger partial charge in [0.1, 0.15) is 0 Å². The van der Waals surface area contributed by atoms with Crippen molar-refractivity contribution in [3.8, 4) is 0 Å². The maximum Gasteiger partial charge on any atom is 0.197 e. The highest BCUT2D eigenvalue weighted by molar-refractivity contribution is 8.02. The van der Waals surface area contributed by atoms with E-state index in [2.05, 4.69) is 13.2 Å². The molecule has 0 saturated carbocycles. The summed E-state index contributed by atoms with van der Waals surface area (Å²) >= 11 is 0. The molecule has 0 amide bonds. The fourth-order valence-electron chi connectivity index (χ4n) is 0.831. The molecule has 0 radical (unpaired) electrons. The highest BCUT2D eigenvalue weighted by Crippen LogP contribution is 2.15. The Kier molecular flexibility index (Phi) is 5.51. The standard InChI is InChI=1S/C9H14O6S3/c1-4-16(10,11)7-9(18(14,15)6-3)8-17(12,13)5-2/h4,6,8H,1,3,5,7H2,2H3. The van der Waals surface area contributed by atoms with Crippen LogP contribution in [0.4, 0.5) is 0 Å².